The molecule has 2 aromatic carbocycles. The quantitative estimate of drug-likeness (QED) is 0.287. The van der Waals surface area contributed by atoms with Gasteiger partial charge in [0.15, 0.2) is 5.92 Å². The minimum Gasteiger partial charge on any atom is -0.493 e. The largest absolute Gasteiger partial charge is 0.493 e. The molecule has 7 heteroatoms. The highest BCUT2D eigenvalue weighted by molar-refractivity contribution is 5.96. The lowest BCUT2D eigenvalue weighted by Gasteiger charge is -2.23. The van der Waals surface area contributed by atoms with Crippen molar-refractivity contribution in [2.24, 2.45) is 5.92 Å². The van der Waals surface area contributed by atoms with Crippen molar-refractivity contribution < 1.29 is 28.2 Å². The molecule has 0 radical (unpaired) electrons. The molecular formula is C27H31NO6. The highest BCUT2D eigenvalue weighted by atomic mass is 16.6. The molecule has 0 aliphatic carbocycles. The molecule has 0 bridgehead atoms. The van der Waals surface area contributed by atoms with Gasteiger partial charge in [0.1, 0.15) is 12.0 Å². The first kappa shape index (κ1) is 25.0. The van der Waals surface area contributed by atoms with E-state index >= 15 is 0 Å². The van der Waals surface area contributed by atoms with Gasteiger partial charge in [0.25, 0.3) is 0 Å². The second kappa shape index (κ2) is 12.0. The van der Waals surface area contributed by atoms with E-state index in [-0.39, 0.29) is 13.2 Å². The molecule has 0 fully saturated rings. The molecule has 0 amide bonds. The predicted octanol–water partition coefficient (Wildman–Crippen LogP) is 5.12. The lowest BCUT2D eigenvalue weighted by Crippen LogP contribution is -2.32. The zero-order chi connectivity index (χ0) is 24.5. The number of ether oxygens (including phenoxy) is 3. The van der Waals surface area contributed by atoms with Crippen LogP contribution in [-0.2, 0) is 25.5 Å². The number of nitrogens with zero attached hydrogens (tertiary/aromatic N) is 1. The van der Waals surface area contributed by atoms with E-state index in [1.807, 2.05) is 62.4 Å². The molecule has 0 saturated heterocycles. The third-order valence-corrected chi connectivity index (χ3v) is 5.51. The fourth-order valence-corrected chi connectivity index (χ4v) is 3.81. The van der Waals surface area contributed by atoms with Gasteiger partial charge in [-0.3, -0.25) is 9.59 Å². The van der Waals surface area contributed by atoms with Gasteiger partial charge < -0.3 is 18.6 Å². The summed E-state index contributed by atoms with van der Waals surface area (Å²) in [6.45, 7) is 8.01. The molecule has 180 valence electrons. The van der Waals surface area contributed by atoms with E-state index in [1.54, 1.807) is 20.1 Å². The van der Waals surface area contributed by atoms with Gasteiger partial charge in [-0.25, -0.2) is 4.98 Å². The van der Waals surface area contributed by atoms with Gasteiger partial charge in [0, 0.05) is 17.9 Å². The number of hydrogen-bond donors (Lipinski definition) is 0. The third-order valence-electron chi connectivity index (χ3n) is 5.51. The first-order chi connectivity index (χ1) is 16.4. The first-order valence-electron chi connectivity index (χ1n) is 11.5. The molecule has 1 atom stereocenters. The minimum atomic E-state index is -1.02. The topological polar surface area (TPSA) is 87.9 Å². The molecule has 1 aromatic heterocycles. The Morgan fingerprint density at radius 2 is 1.68 bits per heavy atom. The van der Waals surface area contributed by atoms with Crippen molar-refractivity contribution in [1.29, 1.82) is 0 Å². The van der Waals surface area contributed by atoms with Crippen molar-refractivity contribution in [2.45, 2.75) is 40.0 Å². The van der Waals surface area contributed by atoms with E-state index in [1.165, 1.54) is 0 Å². The average molecular weight is 466 g/mol. The molecule has 34 heavy (non-hydrogen) atoms. The Kier molecular flexibility index (Phi) is 8.85. The van der Waals surface area contributed by atoms with E-state index in [0.717, 1.165) is 22.4 Å². The molecule has 1 unspecified atom stereocenters. The predicted molar refractivity (Wildman–Crippen MR) is 127 cm³/mol. The molecular weight excluding hydrogens is 434 g/mol. The number of carbonyl (C=O) groups is 2. The van der Waals surface area contributed by atoms with Crippen molar-refractivity contribution in [3.05, 3.63) is 71.6 Å². The van der Waals surface area contributed by atoms with Gasteiger partial charge in [0.2, 0.25) is 5.89 Å². The molecule has 3 rings (SSSR count). The van der Waals surface area contributed by atoms with E-state index in [0.29, 0.717) is 24.7 Å². The lowest BCUT2D eigenvalue weighted by atomic mass is 9.85. The van der Waals surface area contributed by atoms with Crippen LogP contribution in [0.15, 0.2) is 59.2 Å². The van der Waals surface area contributed by atoms with Crippen LogP contribution in [0, 0.1) is 12.8 Å². The zero-order valence-electron chi connectivity index (χ0n) is 20.1. The zero-order valence-corrected chi connectivity index (χ0v) is 20.1. The molecule has 0 aliphatic rings. The molecule has 3 aromatic rings. The van der Waals surface area contributed by atoms with Gasteiger partial charge in [-0.1, -0.05) is 31.2 Å². The van der Waals surface area contributed by atoms with E-state index < -0.39 is 23.8 Å². The van der Waals surface area contributed by atoms with Crippen molar-refractivity contribution in [3.63, 3.8) is 0 Å². The summed E-state index contributed by atoms with van der Waals surface area (Å²) in [5.41, 5.74) is 3.52. The number of hydrogen-bond acceptors (Lipinski definition) is 7. The summed E-state index contributed by atoms with van der Waals surface area (Å²) >= 11 is 0. The number of aryl methyl sites for hydroxylation is 1. The van der Waals surface area contributed by atoms with Crippen LogP contribution in [0.2, 0.25) is 0 Å². The Morgan fingerprint density at radius 3 is 2.29 bits per heavy atom. The molecule has 7 nitrogen and oxygen atoms in total. The summed E-state index contributed by atoms with van der Waals surface area (Å²) in [7, 11) is 0. The fourth-order valence-electron chi connectivity index (χ4n) is 3.81. The van der Waals surface area contributed by atoms with Gasteiger partial charge in [-0.2, -0.15) is 0 Å². The highest BCUT2D eigenvalue weighted by Crippen LogP contribution is 2.31. The van der Waals surface area contributed by atoms with Crippen molar-refractivity contribution in [2.75, 3.05) is 19.8 Å². The van der Waals surface area contributed by atoms with Crippen LogP contribution in [-0.4, -0.2) is 36.7 Å². The first-order valence-corrected chi connectivity index (χ1v) is 11.5. The molecule has 0 aliphatic heterocycles. The van der Waals surface area contributed by atoms with Gasteiger partial charge in [-0.15, -0.1) is 0 Å². The van der Waals surface area contributed by atoms with Crippen molar-refractivity contribution in [1.82, 2.24) is 4.98 Å². The SMILES string of the molecule is CCOC(=O)C(C(=O)OCC)C(C)c1ccc(OCCc2coc(-c3ccccc3)n2)cc1C. The maximum absolute atomic E-state index is 12.5. The van der Waals surface area contributed by atoms with Crippen LogP contribution in [0.25, 0.3) is 11.5 Å². The highest BCUT2D eigenvalue weighted by Gasteiger charge is 2.36. The van der Waals surface area contributed by atoms with Crippen LogP contribution in [0.4, 0.5) is 0 Å². The number of oxazole rings is 1. The van der Waals surface area contributed by atoms with Crippen LogP contribution in [0.5, 0.6) is 5.75 Å². The Bertz CT molecular complexity index is 1070. The molecule has 0 N–H and O–H groups in total. The molecule has 1 heterocycles. The Hall–Kier alpha value is -3.61. The van der Waals surface area contributed by atoms with Gasteiger partial charge in [-0.05, 0) is 56.2 Å². The van der Waals surface area contributed by atoms with E-state index in [4.69, 9.17) is 18.6 Å². The normalized spacial score (nSPS) is 11.8. The van der Waals surface area contributed by atoms with Crippen LogP contribution < -0.4 is 4.74 Å². The summed E-state index contributed by atoms with van der Waals surface area (Å²) < 4.78 is 21.7. The number of esters is 2. The lowest BCUT2D eigenvalue weighted by molar-refractivity contribution is -0.162. The van der Waals surface area contributed by atoms with Crippen molar-refractivity contribution in [3.8, 4) is 17.2 Å². The second-order valence-corrected chi connectivity index (χ2v) is 7.90. The number of benzene rings is 2. The number of rotatable bonds is 11. The number of carbonyl (C=O) groups excluding carboxylic acids is 2. The monoisotopic (exact) mass is 465 g/mol. The number of aromatic nitrogens is 1. The Labute approximate surface area is 200 Å². The summed E-state index contributed by atoms with van der Waals surface area (Å²) in [5.74, 6) is -1.28. The summed E-state index contributed by atoms with van der Waals surface area (Å²) in [4.78, 5) is 29.4. The van der Waals surface area contributed by atoms with Gasteiger partial charge in [0.05, 0.1) is 25.5 Å². The molecule has 0 spiro atoms. The van der Waals surface area contributed by atoms with Crippen LogP contribution in [0.3, 0.4) is 0 Å². The summed E-state index contributed by atoms with van der Waals surface area (Å²) in [6.07, 6.45) is 2.24. The maximum atomic E-state index is 12.5. The maximum Gasteiger partial charge on any atom is 0.320 e. The van der Waals surface area contributed by atoms with Crippen LogP contribution >= 0.6 is 0 Å². The van der Waals surface area contributed by atoms with E-state index in [2.05, 4.69) is 4.98 Å². The summed E-state index contributed by atoms with van der Waals surface area (Å²) in [5, 5.41) is 0. The smallest absolute Gasteiger partial charge is 0.320 e. The van der Waals surface area contributed by atoms with Crippen LogP contribution in [0.1, 0.15) is 43.5 Å². The Balaban J connectivity index is 1.63. The Morgan fingerprint density at radius 1 is 1.00 bits per heavy atom. The molecule has 0 saturated carbocycles. The fraction of sp³-hybridized carbons (Fsp3) is 0.370. The average Bonchev–Trinajstić information content (AvgIpc) is 3.29. The minimum absolute atomic E-state index is 0.200. The third kappa shape index (κ3) is 6.25. The van der Waals surface area contributed by atoms with Gasteiger partial charge >= 0.3 is 11.9 Å². The second-order valence-electron chi connectivity index (χ2n) is 7.90. The summed E-state index contributed by atoms with van der Waals surface area (Å²) in [6, 6.07) is 15.3. The van der Waals surface area contributed by atoms with Crippen molar-refractivity contribution >= 4 is 11.9 Å². The van der Waals surface area contributed by atoms with E-state index in [9.17, 15) is 9.59 Å². The standard InChI is InChI=1S/C27H31NO6/c1-5-31-26(29)24(27(30)32-6-2)19(4)23-13-12-22(16-18(23)3)33-15-14-21-17-34-25(28-21)20-10-8-7-9-11-20/h7-13,16-17,19,24H,5-6,14-15H2,1-4H3.